The number of aliphatic hydroxyl groups is 1. The van der Waals surface area contributed by atoms with Crippen LogP contribution in [0.1, 0.15) is 11.5 Å². The Morgan fingerprint density at radius 1 is 1.00 bits per heavy atom. The molecule has 1 heterocycles. The summed E-state index contributed by atoms with van der Waals surface area (Å²) in [6.45, 7) is 1.97. The van der Waals surface area contributed by atoms with Gasteiger partial charge in [-0.15, -0.1) is 0 Å². The van der Waals surface area contributed by atoms with Crippen LogP contribution in [0.5, 0.6) is 0 Å². The summed E-state index contributed by atoms with van der Waals surface area (Å²) < 4.78 is 18.8. The van der Waals surface area contributed by atoms with E-state index in [0.29, 0.717) is 24.7 Å². The standard InChI is InChI=1S/C20H21FN2O2/c21-18-8-6-17(7-9-18)19-14-22-20(25-19)15-23(12-13-24)11-10-16-4-2-1-3-5-16/h1-9,14,24H,10-13,15H2. The minimum atomic E-state index is -0.279. The van der Waals surface area contributed by atoms with E-state index in [4.69, 9.17) is 4.42 Å². The predicted octanol–water partition coefficient (Wildman–Crippen LogP) is 3.52. The molecular formula is C20H21FN2O2. The molecule has 0 bridgehead atoms. The molecule has 0 amide bonds. The monoisotopic (exact) mass is 340 g/mol. The van der Waals surface area contributed by atoms with Crippen molar-refractivity contribution < 1.29 is 13.9 Å². The van der Waals surface area contributed by atoms with Gasteiger partial charge in [0.05, 0.1) is 19.3 Å². The molecule has 0 saturated heterocycles. The lowest BCUT2D eigenvalue weighted by Gasteiger charge is -2.19. The lowest BCUT2D eigenvalue weighted by molar-refractivity contribution is 0.180. The zero-order valence-electron chi connectivity index (χ0n) is 13.9. The fraction of sp³-hybridized carbons (Fsp3) is 0.250. The maximum absolute atomic E-state index is 13.0. The smallest absolute Gasteiger partial charge is 0.209 e. The van der Waals surface area contributed by atoms with E-state index < -0.39 is 0 Å². The second-order valence-electron chi connectivity index (χ2n) is 5.86. The Labute approximate surface area is 146 Å². The van der Waals surface area contributed by atoms with Crippen LogP contribution in [0.3, 0.4) is 0 Å². The van der Waals surface area contributed by atoms with Gasteiger partial charge in [-0.3, -0.25) is 4.90 Å². The van der Waals surface area contributed by atoms with Crippen molar-refractivity contribution in [2.24, 2.45) is 0 Å². The number of hydrogen-bond donors (Lipinski definition) is 1. The van der Waals surface area contributed by atoms with E-state index >= 15 is 0 Å². The molecule has 5 heteroatoms. The third-order valence-electron chi connectivity index (χ3n) is 4.02. The molecule has 0 spiro atoms. The van der Waals surface area contributed by atoms with E-state index in [1.54, 1.807) is 18.3 Å². The number of aromatic nitrogens is 1. The Hall–Kier alpha value is -2.50. The maximum atomic E-state index is 13.0. The maximum Gasteiger partial charge on any atom is 0.209 e. The average Bonchev–Trinajstić information content (AvgIpc) is 3.10. The second-order valence-corrected chi connectivity index (χ2v) is 5.86. The summed E-state index contributed by atoms with van der Waals surface area (Å²) in [4.78, 5) is 6.41. The molecule has 3 aromatic rings. The summed E-state index contributed by atoms with van der Waals surface area (Å²) in [5, 5.41) is 9.29. The first-order valence-corrected chi connectivity index (χ1v) is 8.32. The van der Waals surface area contributed by atoms with E-state index in [-0.39, 0.29) is 12.4 Å². The molecule has 0 radical (unpaired) electrons. The fourth-order valence-corrected chi connectivity index (χ4v) is 2.67. The van der Waals surface area contributed by atoms with Crippen molar-refractivity contribution in [3.8, 4) is 11.3 Å². The quantitative estimate of drug-likeness (QED) is 0.682. The first-order valence-electron chi connectivity index (χ1n) is 8.32. The number of aliphatic hydroxyl groups excluding tert-OH is 1. The number of nitrogens with zero attached hydrogens (tertiary/aromatic N) is 2. The second kappa shape index (κ2) is 8.55. The highest BCUT2D eigenvalue weighted by atomic mass is 19.1. The highest BCUT2D eigenvalue weighted by Gasteiger charge is 2.12. The molecule has 0 saturated carbocycles. The van der Waals surface area contributed by atoms with Gasteiger partial charge in [-0.2, -0.15) is 0 Å². The molecular weight excluding hydrogens is 319 g/mol. The Balaban J connectivity index is 1.63. The zero-order valence-corrected chi connectivity index (χ0v) is 13.9. The largest absolute Gasteiger partial charge is 0.439 e. The van der Waals surface area contributed by atoms with Crippen LogP contribution in [0.25, 0.3) is 11.3 Å². The highest BCUT2D eigenvalue weighted by Crippen LogP contribution is 2.21. The van der Waals surface area contributed by atoms with Gasteiger partial charge in [0.25, 0.3) is 0 Å². The van der Waals surface area contributed by atoms with Crippen molar-refractivity contribution >= 4 is 0 Å². The number of benzene rings is 2. The van der Waals surface area contributed by atoms with Crippen LogP contribution in [0.15, 0.2) is 65.2 Å². The molecule has 0 fully saturated rings. The Kier molecular flexibility index (Phi) is 5.93. The molecule has 1 N–H and O–H groups in total. The van der Waals surface area contributed by atoms with Gasteiger partial charge < -0.3 is 9.52 Å². The van der Waals surface area contributed by atoms with Gasteiger partial charge in [0, 0.05) is 18.7 Å². The SMILES string of the molecule is OCCN(CCc1ccccc1)Cc1ncc(-c2ccc(F)cc2)o1. The fourth-order valence-electron chi connectivity index (χ4n) is 2.67. The van der Waals surface area contributed by atoms with Gasteiger partial charge in [-0.05, 0) is 36.2 Å². The van der Waals surface area contributed by atoms with Crippen molar-refractivity contribution in [3.05, 3.63) is 78.1 Å². The summed E-state index contributed by atoms with van der Waals surface area (Å²) in [6.07, 6.45) is 2.54. The van der Waals surface area contributed by atoms with Gasteiger partial charge in [0.1, 0.15) is 5.82 Å². The summed E-state index contributed by atoms with van der Waals surface area (Å²) in [6, 6.07) is 16.4. The van der Waals surface area contributed by atoms with Crippen LogP contribution < -0.4 is 0 Å². The molecule has 4 nitrogen and oxygen atoms in total. The lowest BCUT2D eigenvalue weighted by atomic mass is 10.1. The summed E-state index contributed by atoms with van der Waals surface area (Å²) >= 11 is 0. The normalized spacial score (nSPS) is 11.2. The topological polar surface area (TPSA) is 49.5 Å². The van der Waals surface area contributed by atoms with Gasteiger partial charge >= 0.3 is 0 Å². The Bertz CT molecular complexity index is 772. The van der Waals surface area contributed by atoms with Gasteiger partial charge in [0.15, 0.2) is 5.76 Å². The van der Waals surface area contributed by atoms with E-state index in [9.17, 15) is 9.50 Å². The van der Waals surface area contributed by atoms with E-state index in [0.717, 1.165) is 18.5 Å². The van der Waals surface area contributed by atoms with Crippen molar-refractivity contribution in [2.75, 3.05) is 19.7 Å². The van der Waals surface area contributed by atoms with Crippen molar-refractivity contribution in [1.29, 1.82) is 0 Å². The first-order chi connectivity index (χ1) is 12.2. The van der Waals surface area contributed by atoms with Gasteiger partial charge in [0.2, 0.25) is 5.89 Å². The minimum absolute atomic E-state index is 0.0836. The van der Waals surface area contributed by atoms with E-state index in [1.165, 1.54) is 17.7 Å². The summed E-state index contributed by atoms with van der Waals surface area (Å²) in [5.74, 6) is 0.918. The van der Waals surface area contributed by atoms with Gasteiger partial charge in [-0.25, -0.2) is 9.37 Å². The number of rotatable bonds is 8. The third-order valence-corrected chi connectivity index (χ3v) is 4.02. The lowest BCUT2D eigenvalue weighted by Crippen LogP contribution is -2.28. The predicted molar refractivity (Wildman–Crippen MR) is 94.4 cm³/mol. The van der Waals surface area contributed by atoms with E-state index in [2.05, 4.69) is 22.0 Å². The number of halogens is 1. The third kappa shape index (κ3) is 4.98. The molecule has 130 valence electrons. The first kappa shape index (κ1) is 17.3. The van der Waals surface area contributed by atoms with Crippen LogP contribution >= 0.6 is 0 Å². The molecule has 1 aromatic heterocycles. The molecule has 0 atom stereocenters. The minimum Gasteiger partial charge on any atom is -0.439 e. The van der Waals surface area contributed by atoms with Crippen LogP contribution in [0.2, 0.25) is 0 Å². The van der Waals surface area contributed by atoms with Crippen LogP contribution in [0.4, 0.5) is 4.39 Å². The van der Waals surface area contributed by atoms with Crippen LogP contribution in [-0.4, -0.2) is 34.7 Å². The van der Waals surface area contributed by atoms with Crippen molar-refractivity contribution in [3.63, 3.8) is 0 Å². The molecule has 2 aromatic carbocycles. The molecule has 0 aliphatic carbocycles. The van der Waals surface area contributed by atoms with Crippen molar-refractivity contribution in [2.45, 2.75) is 13.0 Å². The van der Waals surface area contributed by atoms with Gasteiger partial charge in [-0.1, -0.05) is 30.3 Å². The summed E-state index contributed by atoms with van der Waals surface area (Å²) in [7, 11) is 0. The number of hydrogen-bond acceptors (Lipinski definition) is 4. The molecule has 0 aliphatic rings. The van der Waals surface area contributed by atoms with E-state index in [1.807, 2.05) is 18.2 Å². The van der Waals surface area contributed by atoms with Crippen LogP contribution in [0, 0.1) is 5.82 Å². The Morgan fingerprint density at radius 3 is 2.48 bits per heavy atom. The van der Waals surface area contributed by atoms with Crippen LogP contribution in [-0.2, 0) is 13.0 Å². The molecule has 0 aliphatic heterocycles. The zero-order chi connectivity index (χ0) is 17.5. The molecule has 25 heavy (non-hydrogen) atoms. The Morgan fingerprint density at radius 2 is 1.76 bits per heavy atom. The average molecular weight is 340 g/mol. The highest BCUT2D eigenvalue weighted by molar-refractivity contribution is 5.55. The summed E-state index contributed by atoms with van der Waals surface area (Å²) in [5.41, 5.74) is 2.04. The van der Waals surface area contributed by atoms with Crippen molar-refractivity contribution in [1.82, 2.24) is 9.88 Å². The number of oxazole rings is 1. The molecule has 0 unspecified atom stereocenters. The molecule has 3 rings (SSSR count).